The first-order chi connectivity index (χ1) is 18.6. The lowest BCUT2D eigenvalue weighted by atomic mass is 9.97. The zero-order valence-electron chi connectivity index (χ0n) is 22.0. The summed E-state index contributed by atoms with van der Waals surface area (Å²) in [7, 11) is 0. The van der Waals surface area contributed by atoms with E-state index in [0.717, 1.165) is 24.5 Å². The van der Waals surface area contributed by atoms with Crippen molar-refractivity contribution in [2.75, 3.05) is 22.9 Å². The summed E-state index contributed by atoms with van der Waals surface area (Å²) in [5, 5.41) is 4.82. The molecule has 1 aliphatic carbocycles. The Balaban J connectivity index is 1.31. The van der Waals surface area contributed by atoms with Gasteiger partial charge in [0, 0.05) is 25.3 Å². The molecule has 3 heterocycles. The summed E-state index contributed by atoms with van der Waals surface area (Å²) in [6.07, 6.45) is 0.527. The summed E-state index contributed by atoms with van der Waals surface area (Å²) >= 11 is 0. The Kier molecular flexibility index (Phi) is 6.31. The van der Waals surface area contributed by atoms with Crippen molar-refractivity contribution < 1.29 is 22.4 Å². The van der Waals surface area contributed by atoms with Crippen LogP contribution < -0.4 is 9.80 Å². The maximum atomic E-state index is 14.6. The predicted octanol–water partition coefficient (Wildman–Crippen LogP) is 6.86. The summed E-state index contributed by atoms with van der Waals surface area (Å²) in [6, 6.07) is 9.93. The van der Waals surface area contributed by atoms with Crippen molar-refractivity contribution in [1.82, 2.24) is 14.7 Å². The zero-order chi connectivity index (χ0) is 27.5. The molecule has 206 valence electrons. The number of hydrogen-bond acceptors (Lipinski definition) is 3. The van der Waals surface area contributed by atoms with E-state index in [9.17, 15) is 22.4 Å². The van der Waals surface area contributed by atoms with Crippen LogP contribution in [0.2, 0.25) is 0 Å². The predicted molar refractivity (Wildman–Crippen MR) is 140 cm³/mol. The lowest BCUT2D eigenvalue weighted by Crippen LogP contribution is -2.55. The minimum Gasteiger partial charge on any atom is -0.369 e. The van der Waals surface area contributed by atoms with Crippen LogP contribution >= 0.6 is 0 Å². The van der Waals surface area contributed by atoms with Gasteiger partial charge in [0.25, 0.3) is 0 Å². The third-order valence-electron chi connectivity index (χ3n) is 8.23. The van der Waals surface area contributed by atoms with Crippen molar-refractivity contribution in [1.29, 1.82) is 0 Å². The molecule has 6 nitrogen and oxygen atoms in total. The highest BCUT2D eigenvalue weighted by Gasteiger charge is 2.44. The van der Waals surface area contributed by atoms with Gasteiger partial charge >= 0.3 is 12.2 Å². The molecule has 1 atom stereocenters. The number of fused-ring (bicyclic) bond motifs is 1. The number of aryl methyl sites for hydroxylation is 1. The first kappa shape index (κ1) is 25.7. The van der Waals surface area contributed by atoms with Crippen molar-refractivity contribution in [3.05, 3.63) is 76.9 Å². The van der Waals surface area contributed by atoms with Gasteiger partial charge in [-0.05, 0) is 62.8 Å². The number of benzene rings is 2. The number of para-hydroxylation sites is 1. The van der Waals surface area contributed by atoms with Gasteiger partial charge in [-0.15, -0.1) is 0 Å². The molecule has 1 aromatic heterocycles. The molecule has 1 saturated carbocycles. The van der Waals surface area contributed by atoms with Gasteiger partial charge in [-0.25, -0.2) is 9.18 Å². The number of hydrogen-bond donors (Lipinski definition) is 0. The lowest BCUT2D eigenvalue weighted by Gasteiger charge is -2.46. The molecule has 0 radical (unpaired) electrons. The Morgan fingerprint density at radius 1 is 0.974 bits per heavy atom. The SMILES string of the molecule is Cc1cccc(F)c1N1CCC(N2C(=O)N(Cc3ccccc3C(F)(F)F)c3cn(C4CC4)nc3C2C)CC1. The number of halogens is 4. The molecule has 0 N–H and O–H groups in total. The molecule has 0 spiro atoms. The summed E-state index contributed by atoms with van der Waals surface area (Å²) < 4.78 is 57.9. The van der Waals surface area contributed by atoms with Crippen LogP contribution in [0.1, 0.15) is 67.1 Å². The molecule has 3 aliphatic rings. The van der Waals surface area contributed by atoms with Gasteiger partial charge in [-0.2, -0.15) is 18.3 Å². The minimum absolute atomic E-state index is 0.0443. The highest BCUT2D eigenvalue weighted by molar-refractivity contribution is 5.95. The van der Waals surface area contributed by atoms with Gasteiger partial charge in [0.1, 0.15) is 11.5 Å². The molecule has 1 saturated heterocycles. The number of amides is 2. The molecule has 0 bridgehead atoms. The number of urea groups is 1. The third kappa shape index (κ3) is 4.63. The van der Waals surface area contributed by atoms with E-state index >= 15 is 0 Å². The van der Waals surface area contributed by atoms with Crippen molar-refractivity contribution in [3.8, 4) is 0 Å². The van der Waals surface area contributed by atoms with Crippen LogP contribution in [0.25, 0.3) is 0 Å². The van der Waals surface area contributed by atoms with Crippen LogP contribution in [-0.2, 0) is 12.7 Å². The maximum absolute atomic E-state index is 14.6. The fourth-order valence-electron chi connectivity index (χ4n) is 6.09. The van der Waals surface area contributed by atoms with E-state index in [0.29, 0.717) is 43.0 Å². The second-order valence-corrected chi connectivity index (χ2v) is 10.8. The fourth-order valence-corrected chi connectivity index (χ4v) is 6.09. The summed E-state index contributed by atoms with van der Waals surface area (Å²) in [5.74, 6) is -0.263. The van der Waals surface area contributed by atoms with E-state index in [-0.39, 0.29) is 42.1 Å². The van der Waals surface area contributed by atoms with E-state index in [2.05, 4.69) is 0 Å². The Morgan fingerprint density at radius 2 is 1.69 bits per heavy atom. The maximum Gasteiger partial charge on any atom is 0.416 e. The number of alkyl halides is 3. The molecular formula is C29H31F4N5O. The summed E-state index contributed by atoms with van der Waals surface area (Å²) in [5.41, 5.74) is 2.03. The molecule has 2 aliphatic heterocycles. The van der Waals surface area contributed by atoms with Crippen LogP contribution in [0.4, 0.5) is 33.7 Å². The number of piperidine rings is 1. The van der Waals surface area contributed by atoms with Crippen molar-refractivity contribution >= 4 is 17.4 Å². The molecule has 3 aromatic rings. The topological polar surface area (TPSA) is 44.6 Å². The highest BCUT2D eigenvalue weighted by atomic mass is 19.4. The van der Waals surface area contributed by atoms with Gasteiger partial charge in [-0.1, -0.05) is 30.3 Å². The van der Waals surface area contributed by atoms with Crippen molar-refractivity contribution in [3.63, 3.8) is 0 Å². The summed E-state index contributed by atoms with van der Waals surface area (Å²) in [4.78, 5) is 19.3. The molecule has 2 fully saturated rings. The Bertz CT molecular complexity index is 1370. The number of rotatable bonds is 5. The Morgan fingerprint density at radius 3 is 2.36 bits per heavy atom. The fraction of sp³-hybridized carbons (Fsp3) is 0.448. The molecule has 2 amide bonds. The number of aromatic nitrogens is 2. The van der Waals surface area contributed by atoms with E-state index < -0.39 is 11.7 Å². The van der Waals surface area contributed by atoms with Crippen molar-refractivity contribution in [2.45, 2.75) is 70.4 Å². The minimum atomic E-state index is -4.53. The number of carbonyl (C=O) groups excluding carboxylic acids is 1. The van der Waals surface area contributed by atoms with Gasteiger partial charge in [0.2, 0.25) is 0 Å². The highest BCUT2D eigenvalue weighted by Crippen LogP contribution is 2.44. The average Bonchev–Trinajstić information content (AvgIpc) is 3.65. The van der Waals surface area contributed by atoms with E-state index in [1.165, 1.54) is 23.1 Å². The first-order valence-corrected chi connectivity index (χ1v) is 13.5. The molecular weight excluding hydrogens is 510 g/mol. The van der Waals surface area contributed by atoms with Crippen LogP contribution in [0, 0.1) is 12.7 Å². The largest absolute Gasteiger partial charge is 0.416 e. The molecule has 39 heavy (non-hydrogen) atoms. The molecule has 2 aromatic carbocycles. The molecule has 10 heteroatoms. The molecule has 6 rings (SSSR count). The van der Waals surface area contributed by atoms with Gasteiger partial charge < -0.3 is 9.80 Å². The first-order valence-electron chi connectivity index (χ1n) is 13.5. The second kappa shape index (κ2) is 9.57. The third-order valence-corrected chi connectivity index (χ3v) is 8.23. The smallest absolute Gasteiger partial charge is 0.369 e. The quantitative estimate of drug-likeness (QED) is 0.332. The van der Waals surface area contributed by atoms with Crippen LogP contribution in [-0.4, -0.2) is 39.8 Å². The standard InChI is InChI=1S/C29H31F4N5O/c1-18-6-5-9-24(30)27(18)35-14-12-22(13-15-35)38-19(2)26-25(17-37(34-26)21-10-11-21)36(28(38)39)16-20-7-3-4-8-23(20)29(31,32)33/h3-9,17,19,21-22H,10-16H2,1-2H3. The number of anilines is 2. The Labute approximate surface area is 224 Å². The van der Waals surface area contributed by atoms with Gasteiger partial charge in [0.05, 0.1) is 35.6 Å². The zero-order valence-corrected chi connectivity index (χ0v) is 22.0. The second-order valence-electron chi connectivity index (χ2n) is 10.8. The summed E-state index contributed by atoms with van der Waals surface area (Å²) in [6.45, 7) is 4.77. The number of carbonyl (C=O) groups is 1. The van der Waals surface area contributed by atoms with Gasteiger partial charge in [0.15, 0.2) is 0 Å². The van der Waals surface area contributed by atoms with Crippen LogP contribution in [0.5, 0.6) is 0 Å². The monoisotopic (exact) mass is 541 g/mol. The number of nitrogens with zero attached hydrogens (tertiary/aromatic N) is 5. The average molecular weight is 542 g/mol. The van der Waals surface area contributed by atoms with E-state index in [4.69, 9.17) is 5.10 Å². The van der Waals surface area contributed by atoms with Gasteiger partial charge in [-0.3, -0.25) is 9.58 Å². The van der Waals surface area contributed by atoms with Crippen LogP contribution in [0.15, 0.2) is 48.7 Å². The molecule has 1 unspecified atom stereocenters. The lowest BCUT2D eigenvalue weighted by molar-refractivity contribution is -0.138. The van der Waals surface area contributed by atoms with E-state index in [1.807, 2.05) is 35.7 Å². The normalized spacial score (nSPS) is 20.5. The Hall–Kier alpha value is -3.56. The van der Waals surface area contributed by atoms with Crippen LogP contribution in [0.3, 0.4) is 0 Å². The van der Waals surface area contributed by atoms with Crippen molar-refractivity contribution in [2.24, 2.45) is 0 Å². The van der Waals surface area contributed by atoms with E-state index in [1.54, 1.807) is 17.0 Å².